The van der Waals surface area contributed by atoms with Gasteiger partial charge in [-0.25, -0.2) is 0 Å². The molecule has 0 aliphatic carbocycles. The zero-order valence-electron chi connectivity index (χ0n) is 13.1. The van der Waals surface area contributed by atoms with Crippen LogP contribution < -0.4 is 5.32 Å². The van der Waals surface area contributed by atoms with Gasteiger partial charge in [-0.1, -0.05) is 17.7 Å². The highest BCUT2D eigenvalue weighted by Gasteiger charge is 2.10. The fraction of sp³-hybridized carbons (Fsp3) is 0.222. The maximum Gasteiger partial charge on any atom is 0.255 e. The van der Waals surface area contributed by atoms with E-state index in [2.05, 4.69) is 16.3 Å². The number of carbonyl (C=O) groups excluding carboxylic acids is 1. The highest BCUT2D eigenvalue weighted by Crippen LogP contribution is 2.19. The van der Waals surface area contributed by atoms with Crippen molar-refractivity contribution in [3.8, 4) is 6.07 Å². The summed E-state index contributed by atoms with van der Waals surface area (Å²) in [6.07, 6.45) is 0. The summed E-state index contributed by atoms with van der Waals surface area (Å²) in [7, 11) is 3.99. The molecule has 0 spiro atoms. The van der Waals surface area contributed by atoms with Crippen molar-refractivity contribution in [3.63, 3.8) is 0 Å². The van der Waals surface area contributed by atoms with Crippen molar-refractivity contribution < 1.29 is 4.79 Å². The van der Waals surface area contributed by atoms with E-state index in [4.69, 9.17) is 5.26 Å². The van der Waals surface area contributed by atoms with E-state index in [1.807, 2.05) is 39.2 Å². The number of hydrogen-bond donors (Lipinski definition) is 1. The van der Waals surface area contributed by atoms with Gasteiger partial charge < -0.3 is 10.2 Å². The lowest BCUT2D eigenvalue weighted by atomic mass is 10.1. The van der Waals surface area contributed by atoms with Crippen molar-refractivity contribution >= 4 is 11.6 Å². The van der Waals surface area contributed by atoms with Crippen molar-refractivity contribution in [1.29, 1.82) is 5.26 Å². The van der Waals surface area contributed by atoms with Crippen molar-refractivity contribution in [2.24, 2.45) is 0 Å². The van der Waals surface area contributed by atoms with Crippen molar-refractivity contribution in [1.82, 2.24) is 4.90 Å². The smallest absolute Gasteiger partial charge is 0.255 e. The van der Waals surface area contributed by atoms with Crippen LogP contribution in [0, 0.1) is 18.3 Å². The summed E-state index contributed by atoms with van der Waals surface area (Å²) >= 11 is 0. The first-order valence-electron chi connectivity index (χ1n) is 7.05. The Labute approximate surface area is 131 Å². The molecule has 0 aliphatic rings. The standard InChI is InChI=1S/C18H19N3O/c1-13-4-9-17(16(10-13)12-21(2)3)20-18(22)15-7-5-14(11-19)6-8-15/h4-10H,12H2,1-3H3,(H,20,22). The summed E-state index contributed by atoms with van der Waals surface area (Å²) in [6.45, 7) is 2.79. The van der Waals surface area contributed by atoms with Gasteiger partial charge in [-0.2, -0.15) is 5.26 Å². The van der Waals surface area contributed by atoms with Crippen molar-refractivity contribution in [2.45, 2.75) is 13.5 Å². The molecule has 0 saturated carbocycles. The van der Waals surface area contributed by atoms with Gasteiger partial charge >= 0.3 is 0 Å². The first kappa shape index (κ1) is 15.7. The predicted octanol–water partition coefficient (Wildman–Crippen LogP) is 3.18. The quantitative estimate of drug-likeness (QED) is 0.942. The van der Waals surface area contributed by atoms with Gasteiger partial charge in [-0.15, -0.1) is 0 Å². The maximum absolute atomic E-state index is 12.3. The van der Waals surface area contributed by atoms with E-state index >= 15 is 0 Å². The normalized spacial score (nSPS) is 10.3. The molecule has 2 aromatic carbocycles. The summed E-state index contributed by atoms with van der Waals surface area (Å²) in [4.78, 5) is 14.4. The van der Waals surface area contributed by atoms with Crippen LogP contribution in [0.3, 0.4) is 0 Å². The molecular weight excluding hydrogens is 274 g/mol. The number of amides is 1. The number of rotatable bonds is 4. The van der Waals surface area contributed by atoms with E-state index in [-0.39, 0.29) is 5.91 Å². The molecule has 0 radical (unpaired) electrons. The first-order valence-corrected chi connectivity index (χ1v) is 7.05. The average molecular weight is 293 g/mol. The zero-order valence-corrected chi connectivity index (χ0v) is 13.1. The third-order valence-corrected chi connectivity index (χ3v) is 3.27. The monoisotopic (exact) mass is 293 g/mol. The Morgan fingerprint density at radius 1 is 1.18 bits per heavy atom. The largest absolute Gasteiger partial charge is 0.322 e. The average Bonchev–Trinajstić information content (AvgIpc) is 2.49. The number of benzene rings is 2. The summed E-state index contributed by atoms with van der Waals surface area (Å²) in [5, 5.41) is 11.7. The van der Waals surface area contributed by atoms with Crippen LogP contribution in [0.2, 0.25) is 0 Å². The van der Waals surface area contributed by atoms with Crippen LogP contribution in [-0.4, -0.2) is 24.9 Å². The molecule has 2 aromatic rings. The van der Waals surface area contributed by atoms with Crippen molar-refractivity contribution in [2.75, 3.05) is 19.4 Å². The number of aryl methyl sites for hydroxylation is 1. The number of nitriles is 1. The van der Waals surface area contributed by atoms with Crippen LogP contribution in [-0.2, 0) is 6.54 Å². The van der Waals surface area contributed by atoms with E-state index in [0.29, 0.717) is 11.1 Å². The summed E-state index contributed by atoms with van der Waals surface area (Å²) in [5.41, 5.74) is 4.13. The minimum Gasteiger partial charge on any atom is -0.322 e. The zero-order chi connectivity index (χ0) is 16.1. The Morgan fingerprint density at radius 3 is 2.45 bits per heavy atom. The van der Waals surface area contributed by atoms with E-state index < -0.39 is 0 Å². The molecule has 0 aliphatic heterocycles. The van der Waals surface area contributed by atoms with Crippen LogP contribution in [0.1, 0.15) is 27.0 Å². The number of carbonyl (C=O) groups is 1. The van der Waals surface area contributed by atoms with Gasteiger partial charge in [0, 0.05) is 17.8 Å². The summed E-state index contributed by atoms with van der Waals surface area (Å²) in [6, 6.07) is 14.6. The molecule has 4 heteroatoms. The highest BCUT2D eigenvalue weighted by molar-refractivity contribution is 6.04. The third-order valence-electron chi connectivity index (χ3n) is 3.27. The molecule has 0 bridgehead atoms. The van der Waals surface area contributed by atoms with Gasteiger partial charge in [0.05, 0.1) is 11.6 Å². The van der Waals surface area contributed by atoms with E-state index in [9.17, 15) is 4.79 Å². The Kier molecular flexibility index (Phi) is 4.92. The molecule has 4 nitrogen and oxygen atoms in total. The molecule has 22 heavy (non-hydrogen) atoms. The van der Waals surface area contributed by atoms with Gasteiger partial charge in [-0.3, -0.25) is 4.79 Å². The second-order valence-corrected chi connectivity index (χ2v) is 5.54. The van der Waals surface area contributed by atoms with Crippen LogP contribution >= 0.6 is 0 Å². The fourth-order valence-corrected chi connectivity index (χ4v) is 2.21. The second kappa shape index (κ2) is 6.88. The number of nitrogens with zero attached hydrogens (tertiary/aromatic N) is 2. The molecule has 1 amide bonds. The SMILES string of the molecule is Cc1ccc(NC(=O)c2ccc(C#N)cc2)c(CN(C)C)c1. The lowest BCUT2D eigenvalue weighted by Gasteiger charge is -2.16. The summed E-state index contributed by atoms with van der Waals surface area (Å²) in [5.74, 6) is -0.173. The van der Waals surface area contributed by atoms with Crippen molar-refractivity contribution in [3.05, 3.63) is 64.7 Å². The number of nitrogens with one attached hydrogen (secondary N) is 1. The van der Waals surface area contributed by atoms with E-state index in [0.717, 1.165) is 23.4 Å². The first-order chi connectivity index (χ1) is 10.5. The topological polar surface area (TPSA) is 56.1 Å². The van der Waals surface area contributed by atoms with Crippen LogP contribution in [0.5, 0.6) is 0 Å². The predicted molar refractivity (Wildman–Crippen MR) is 87.7 cm³/mol. The van der Waals surface area contributed by atoms with Gasteiger partial charge in [0.15, 0.2) is 0 Å². The third kappa shape index (κ3) is 3.94. The van der Waals surface area contributed by atoms with Gasteiger partial charge in [0.1, 0.15) is 0 Å². The number of anilines is 1. The molecule has 1 N–H and O–H groups in total. The Balaban J connectivity index is 2.22. The second-order valence-electron chi connectivity index (χ2n) is 5.54. The molecular formula is C18H19N3O. The highest BCUT2D eigenvalue weighted by atomic mass is 16.1. The molecule has 0 fully saturated rings. The maximum atomic E-state index is 12.3. The van der Waals surface area contributed by atoms with Gasteiger partial charge in [-0.05, 0) is 56.9 Å². The Bertz CT molecular complexity index is 712. The van der Waals surface area contributed by atoms with Gasteiger partial charge in [0.2, 0.25) is 0 Å². The van der Waals surface area contributed by atoms with E-state index in [1.165, 1.54) is 0 Å². The fourth-order valence-electron chi connectivity index (χ4n) is 2.21. The number of hydrogen-bond acceptors (Lipinski definition) is 3. The summed E-state index contributed by atoms with van der Waals surface area (Å²) < 4.78 is 0. The Hall–Kier alpha value is -2.64. The molecule has 0 saturated heterocycles. The van der Waals surface area contributed by atoms with Crippen LogP contribution in [0.15, 0.2) is 42.5 Å². The lowest BCUT2D eigenvalue weighted by Crippen LogP contribution is -2.16. The van der Waals surface area contributed by atoms with Crippen LogP contribution in [0.4, 0.5) is 5.69 Å². The molecule has 112 valence electrons. The molecule has 0 unspecified atom stereocenters. The minimum absolute atomic E-state index is 0.173. The van der Waals surface area contributed by atoms with Crippen LogP contribution in [0.25, 0.3) is 0 Å². The van der Waals surface area contributed by atoms with E-state index in [1.54, 1.807) is 24.3 Å². The molecule has 0 aromatic heterocycles. The Morgan fingerprint density at radius 2 is 1.86 bits per heavy atom. The van der Waals surface area contributed by atoms with Gasteiger partial charge in [0.25, 0.3) is 5.91 Å². The molecule has 2 rings (SSSR count). The molecule has 0 atom stereocenters. The minimum atomic E-state index is -0.173. The lowest BCUT2D eigenvalue weighted by molar-refractivity contribution is 0.102. The molecule has 0 heterocycles.